The van der Waals surface area contributed by atoms with E-state index in [0.29, 0.717) is 5.56 Å². The molecule has 0 radical (unpaired) electrons. The van der Waals surface area contributed by atoms with Crippen LogP contribution in [0, 0.1) is 0 Å². The van der Waals surface area contributed by atoms with E-state index in [1.807, 2.05) is 48.7 Å². The number of benzene rings is 2. The molecule has 0 fully saturated rings. The maximum atomic E-state index is 12.4. The number of pyridine rings is 1. The Kier molecular flexibility index (Phi) is 6.55. The highest BCUT2D eigenvalue weighted by Gasteiger charge is 2.06. The molecule has 2 aromatic carbocycles. The van der Waals surface area contributed by atoms with Gasteiger partial charge in [0.05, 0.1) is 7.11 Å². The van der Waals surface area contributed by atoms with Gasteiger partial charge in [-0.05, 0) is 54.1 Å². The molecule has 3 aromatic rings. The molecule has 0 aliphatic heterocycles. The summed E-state index contributed by atoms with van der Waals surface area (Å²) in [5.41, 5.74) is 3.56. The molecule has 0 aliphatic rings. The van der Waals surface area contributed by atoms with Gasteiger partial charge in [0.15, 0.2) is 0 Å². The number of amides is 1. The molecule has 138 valence electrons. The van der Waals surface area contributed by atoms with Crippen LogP contribution in [-0.2, 0) is 13.0 Å². The van der Waals surface area contributed by atoms with Crippen molar-refractivity contribution in [2.45, 2.75) is 13.0 Å². The number of hydrogen-bond acceptors (Lipinski definition) is 4. The molecule has 5 heteroatoms. The topological polar surface area (TPSA) is 63.2 Å². The Labute approximate surface area is 159 Å². The molecule has 1 amide bonds. The Bertz CT molecular complexity index is 864. The van der Waals surface area contributed by atoms with Gasteiger partial charge in [-0.2, -0.15) is 0 Å². The molecular weight excluding hydrogens is 338 g/mol. The Hall–Kier alpha value is -3.18. The van der Waals surface area contributed by atoms with E-state index in [4.69, 9.17) is 4.74 Å². The Morgan fingerprint density at radius 2 is 1.89 bits per heavy atom. The third-order valence-electron chi connectivity index (χ3n) is 4.15. The first-order valence-electron chi connectivity index (χ1n) is 8.89. The van der Waals surface area contributed by atoms with Crippen molar-refractivity contribution in [3.63, 3.8) is 0 Å². The van der Waals surface area contributed by atoms with Crippen molar-refractivity contribution < 1.29 is 9.53 Å². The molecule has 0 spiro atoms. The van der Waals surface area contributed by atoms with Crippen LogP contribution in [0.5, 0.6) is 5.75 Å². The van der Waals surface area contributed by atoms with E-state index in [1.54, 1.807) is 31.4 Å². The molecule has 3 rings (SSSR count). The first kappa shape index (κ1) is 18.6. The number of rotatable bonds is 8. The molecule has 0 aliphatic carbocycles. The number of hydrogen-bond donors (Lipinski definition) is 2. The van der Waals surface area contributed by atoms with Crippen LogP contribution in [0.2, 0.25) is 0 Å². The summed E-state index contributed by atoms with van der Waals surface area (Å²) in [6.07, 6.45) is 2.69. The molecule has 0 saturated heterocycles. The summed E-state index contributed by atoms with van der Waals surface area (Å²) in [5, 5.41) is 6.34. The number of ether oxygens (including phenoxy) is 1. The summed E-state index contributed by atoms with van der Waals surface area (Å²) in [7, 11) is 1.60. The fourth-order valence-electron chi connectivity index (χ4n) is 2.70. The maximum absolute atomic E-state index is 12.4. The van der Waals surface area contributed by atoms with Crippen molar-refractivity contribution in [1.29, 1.82) is 0 Å². The summed E-state index contributed by atoms with van der Waals surface area (Å²) in [4.78, 5) is 16.7. The molecule has 0 atom stereocenters. The summed E-state index contributed by atoms with van der Waals surface area (Å²) in [6, 6.07) is 20.8. The Morgan fingerprint density at radius 1 is 1.04 bits per heavy atom. The van der Waals surface area contributed by atoms with Gasteiger partial charge in [0.2, 0.25) is 0 Å². The normalized spacial score (nSPS) is 10.4. The van der Waals surface area contributed by atoms with Crippen LogP contribution in [0.15, 0.2) is 72.9 Å². The third kappa shape index (κ3) is 5.66. The number of nitrogens with one attached hydrogen (secondary N) is 2. The predicted molar refractivity (Wildman–Crippen MR) is 107 cm³/mol. The second-order valence-corrected chi connectivity index (χ2v) is 6.13. The maximum Gasteiger partial charge on any atom is 0.255 e. The Morgan fingerprint density at radius 3 is 2.63 bits per heavy atom. The minimum absolute atomic E-state index is 0.141. The van der Waals surface area contributed by atoms with E-state index < -0.39 is 0 Å². The monoisotopic (exact) mass is 361 g/mol. The molecule has 5 nitrogen and oxygen atoms in total. The molecule has 0 unspecified atom stereocenters. The molecule has 27 heavy (non-hydrogen) atoms. The van der Waals surface area contributed by atoms with Gasteiger partial charge in [0, 0.05) is 42.7 Å². The van der Waals surface area contributed by atoms with Crippen LogP contribution < -0.4 is 15.4 Å². The summed E-state index contributed by atoms with van der Waals surface area (Å²) >= 11 is 0. The minimum atomic E-state index is -0.141. The minimum Gasteiger partial charge on any atom is -0.497 e. The van der Waals surface area contributed by atoms with E-state index in [1.165, 1.54) is 0 Å². The Balaban J connectivity index is 1.51. The summed E-state index contributed by atoms with van der Waals surface area (Å²) in [6.45, 7) is 1.58. The molecule has 1 aromatic heterocycles. The zero-order chi connectivity index (χ0) is 18.9. The van der Waals surface area contributed by atoms with E-state index in [-0.39, 0.29) is 5.91 Å². The second-order valence-electron chi connectivity index (χ2n) is 6.13. The van der Waals surface area contributed by atoms with Crippen LogP contribution in [0.3, 0.4) is 0 Å². The standard InChI is InChI=1S/C22H23N3O2/c1-27-21-10-8-18(9-11-21)22(26)25-20-7-4-5-17(15-20)16-23-14-12-19-6-2-3-13-24-19/h2-11,13,15,23H,12,14,16H2,1H3,(H,25,26). The van der Waals surface area contributed by atoms with Gasteiger partial charge in [-0.1, -0.05) is 18.2 Å². The second kappa shape index (κ2) is 9.50. The molecule has 1 heterocycles. The fraction of sp³-hybridized carbons (Fsp3) is 0.182. The molecule has 0 bridgehead atoms. The highest BCUT2D eigenvalue weighted by Crippen LogP contribution is 2.15. The van der Waals surface area contributed by atoms with Gasteiger partial charge in [0.1, 0.15) is 5.75 Å². The van der Waals surface area contributed by atoms with Crippen molar-refractivity contribution >= 4 is 11.6 Å². The lowest BCUT2D eigenvalue weighted by Crippen LogP contribution is -2.17. The van der Waals surface area contributed by atoms with Crippen LogP contribution in [0.4, 0.5) is 5.69 Å². The lowest BCUT2D eigenvalue weighted by Gasteiger charge is -2.09. The molecular formula is C22H23N3O2. The van der Waals surface area contributed by atoms with Gasteiger partial charge in [-0.25, -0.2) is 0 Å². The van der Waals surface area contributed by atoms with Crippen LogP contribution in [0.1, 0.15) is 21.6 Å². The van der Waals surface area contributed by atoms with Crippen LogP contribution >= 0.6 is 0 Å². The number of carbonyl (C=O) groups is 1. The predicted octanol–water partition coefficient (Wildman–Crippen LogP) is 3.67. The summed E-state index contributed by atoms with van der Waals surface area (Å²) in [5.74, 6) is 0.586. The number of carbonyl (C=O) groups excluding carboxylic acids is 1. The van der Waals surface area contributed by atoms with Crippen LogP contribution in [-0.4, -0.2) is 24.5 Å². The van der Waals surface area contributed by atoms with Gasteiger partial charge >= 0.3 is 0 Å². The fourth-order valence-corrected chi connectivity index (χ4v) is 2.70. The smallest absolute Gasteiger partial charge is 0.255 e. The van der Waals surface area contributed by atoms with E-state index in [2.05, 4.69) is 15.6 Å². The van der Waals surface area contributed by atoms with Gasteiger partial charge in [-0.3, -0.25) is 9.78 Å². The van der Waals surface area contributed by atoms with E-state index >= 15 is 0 Å². The first-order chi connectivity index (χ1) is 13.2. The number of nitrogens with zero attached hydrogens (tertiary/aromatic N) is 1. The van der Waals surface area contributed by atoms with Crippen LogP contribution in [0.25, 0.3) is 0 Å². The van der Waals surface area contributed by atoms with Gasteiger partial charge in [0.25, 0.3) is 5.91 Å². The number of methoxy groups -OCH3 is 1. The van der Waals surface area contributed by atoms with Gasteiger partial charge < -0.3 is 15.4 Å². The SMILES string of the molecule is COc1ccc(C(=O)Nc2cccc(CNCCc3ccccn3)c2)cc1. The quantitative estimate of drug-likeness (QED) is 0.601. The average molecular weight is 361 g/mol. The van der Waals surface area contributed by atoms with Crippen molar-refractivity contribution in [2.24, 2.45) is 0 Å². The lowest BCUT2D eigenvalue weighted by atomic mass is 10.1. The third-order valence-corrected chi connectivity index (χ3v) is 4.15. The first-order valence-corrected chi connectivity index (χ1v) is 8.89. The van der Waals surface area contributed by atoms with Crippen molar-refractivity contribution in [1.82, 2.24) is 10.3 Å². The van der Waals surface area contributed by atoms with E-state index in [0.717, 1.165) is 42.2 Å². The highest BCUT2D eigenvalue weighted by molar-refractivity contribution is 6.04. The average Bonchev–Trinajstić information content (AvgIpc) is 2.72. The number of anilines is 1. The molecule has 2 N–H and O–H groups in total. The zero-order valence-electron chi connectivity index (χ0n) is 15.3. The zero-order valence-corrected chi connectivity index (χ0v) is 15.3. The largest absolute Gasteiger partial charge is 0.497 e. The van der Waals surface area contributed by atoms with E-state index in [9.17, 15) is 4.79 Å². The van der Waals surface area contributed by atoms with Crippen molar-refractivity contribution in [3.8, 4) is 5.75 Å². The highest BCUT2D eigenvalue weighted by atomic mass is 16.5. The van der Waals surface area contributed by atoms with Crippen molar-refractivity contribution in [3.05, 3.63) is 89.7 Å². The summed E-state index contributed by atoms with van der Waals surface area (Å²) < 4.78 is 5.12. The van der Waals surface area contributed by atoms with Gasteiger partial charge in [-0.15, -0.1) is 0 Å². The lowest BCUT2D eigenvalue weighted by molar-refractivity contribution is 0.102. The van der Waals surface area contributed by atoms with Crippen molar-refractivity contribution in [2.75, 3.05) is 19.0 Å². The molecule has 0 saturated carbocycles. The number of aromatic nitrogens is 1.